The fourth-order valence-electron chi connectivity index (χ4n) is 3.77. The molecule has 12 nitrogen and oxygen atoms in total. The molecular formula is C21H24N4O8S2. The summed E-state index contributed by atoms with van der Waals surface area (Å²) in [6, 6.07) is 8.98. The number of aliphatic hydroxyl groups excluding tert-OH is 4. The molecule has 14 heteroatoms. The molecule has 0 radical (unpaired) electrons. The van der Waals surface area contributed by atoms with Gasteiger partial charge in [-0.25, -0.2) is 0 Å². The summed E-state index contributed by atoms with van der Waals surface area (Å²) >= 11 is 6.65. The van der Waals surface area contributed by atoms with Crippen LogP contribution in [0.15, 0.2) is 48.5 Å². The van der Waals surface area contributed by atoms with Crippen LogP contribution in [-0.4, -0.2) is 82.2 Å². The molecule has 1 fully saturated rings. The third kappa shape index (κ3) is 6.10. The fourth-order valence-corrected chi connectivity index (χ4v) is 5.03. The Kier molecular flexibility index (Phi) is 9.07. The molecule has 1 aliphatic heterocycles. The van der Waals surface area contributed by atoms with Gasteiger partial charge in [-0.2, -0.15) is 0 Å². The highest BCUT2D eigenvalue weighted by Gasteiger charge is 2.37. The smallest absolute Gasteiger partial charge is 0.269 e. The van der Waals surface area contributed by atoms with Crippen LogP contribution in [0.1, 0.15) is 23.3 Å². The van der Waals surface area contributed by atoms with Crippen molar-refractivity contribution < 1.29 is 30.3 Å². The van der Waals surface area contributed by atoms with Crippen molar-refractivity contribution in [3.05, 3.63) is 79.9 Å². The first-order chi connectivity index (χ1) is 16.7. The summed E-state index contributed by atoms with van der Waals surface area (Å²) in [6.07, 6.45) is -2.41. The predicted octanol–water partition coefficient (Wildman–Crippen LogP) is 1.54. The van der Waals surface area contributed by atoms with Gasteiger partial charge in [-0.3, -0.25) is 25.1 Å². The Hall–Kier alpha value is -2.72. The molecule has 2 aromatic carbocycles. The van der Waals surface area contributed by atoms with E-state index in [1.807, 2.05) is 0 Å². The van der Waals surface area contributed by atoms with E-state index in [1.165, 1.54) is 60.3 Å². The molecule has 0 aromatic heterocycles. The number of aliphatic hydroxyl groups is 4. The average molecular weight is 525 g/mol. The lowest BCUT2D eigenvalue weighted by Gasteiger charge is -2.45. The van der Waals surface area contributed by atoms with E-state index in [0.29, 0.717) is 21.3 Å². The highest BCUT2D eigenvalue weighted by Crippen LogP contribution is 2.32. The first-order valence-corrected chi connectivity index (χ1v) is 11.8. The van der Waals surface area contributed by atoms with Crippen LogP contribution in [0.2, 0.25) is 0 Å². The van der Waals surface area contributed by atoms with Gasteiger partial charge in [-0.05, 0) is 35.4 Å². The molecule has 0 amide bonds. The maximum atomic E-state index is 10.9. The SMILES string of the molecule is O=[N+]([O-])c1ccc([C@@H](O)[C@@H](CO)N2CSC(=S)N([C@H](CO)[C@H](O)c3ccc([N+](=O)[O-])cc3)C2)cc1. The van der Waals surface area contributed by atoms with Crippen LogP contribution in [0, 0.1) is 20.2 Å². The normalized spacial score (nSPS) is 18.1. The van der Waals surface area contributed by atoms with Crippen molar-refractivity contribution in [3.63, 3.8) is 0 Å². The van der Waals surface area contributed by atoms with Crippen molar-refractivity contribution in [2.75, 3.05) is 25.8 Å². The van der Waals surface area contributed by atoms with Crippen LogP contribution >= 0.6 is 24.0 Å². The zero-order chi connectivity index (χ0) is 25.7. The lowest BCUT2D eigenvalue weighted by atomic mass is 10.0. The number of nitrogens with zero attached hydrogens (tertiary/aromatic N) is 4. The lowest BCUT2D eigenvalue weighted by Crippen LogP contribution is -2.56. The number of thioether (sulfide) groups is 1. The minimum atomic E-state index is -1.23. The third-order valence-electron chi connectivity index (χ3n) is 5.79. The highest BCUT2D eigenvalue weighted by molar-refractivity contribution is 8.22. The van der Waals surface area contributed by atoms with Gasteiger partial charge < -0.3 is 25.3 Å². The van der Waals surface area contributed by atoms with Crippen molar-refractivity contribution in [1.82, 2.24) is 9.80 Å². The molecule has 0 unspecified atom stereocenters. The highest BCUT2D eigenvalue weighted by atomic mass is 32.2. The Morgan fingerprint density at radius 1 is 0.857 bits per heavy atom. The molecule has 0 spiro atoms. The molecule has 35 heavy (non-hydrogen) atoms. The summed E-state index contributed by atoms with van der Waals surface area (Å²) in [5, 5.41) is 63.7. The van der Waals surface area contributed by atoms with Crippen LogP contribution < -0.4 is 0 Å². The molecular weight excluding hydrogens is 500 g/mol. The van der Waals surface area contributed by atoms with E-state index >= 15 is 0 Å². The molecule has 1 heterocycles. The van der Waals surface area contributed by atoms with Gasteiger partial charge in [0.1, 0.15) is 10.4 Å². The van der Waals surface area contributed by atoms with Crippen molar-refractivity contribution in [1.29, 1.82) is 0 Å². The molecule has 0 bridgehead atoms. The maximum Gasteiger partial charge on any atom is 0.269 e. The second-order valence-electron chi connectivity index (χ2n) is 7.83. The number of benzene rings is 2. The van der Waals surface area contributed by atoms with E-state index in [2.05, 4.69) is 0 Å². The van der Waals surface area contributed by atoms with Crippen molar-refractivity contribution >= 4 is 39.7 Å². The van der Waals surface area contributed by atoms with Crippen molar-refractivity contribution in [2.45, 2.75) is 24.3 Å². The van der Waals surface area contributed by atoms with Crippen molar-refractivity contribution in [2.24, 2.45) is 0 Å². The Morgan fingerprint density at radius 2 is 1.29 bits per heavy atom. The summed E-state index contributed by atoms with van der Waals surface area (Å²) in [5.41, 5.74) is 0.466. The van der Waals surface area contributed by atoms with Gasteiger partial charge >= 0.3 is 0 Å². The zero-order valence-corrected chi connectivity index (χ0v) is 19.9. The van der Waals surface area contributed by atoms with Gasteiger partial charge in [0.2, 0.25) is 0 Å². The largest absolute Gasteiger partial charge is 0.395 e. The molecule has 1 aliphatic rings. The van der Waals surface area contributed by atoms with Gasteiger partial charge in [-0.15, -0.1) is 0 Å². The molecule has 0 aliphatic carbocycles. The van der Waals surface area contributed by atoms with Crippen LogP contribution in [0.5, 0.6) is 0 Å². The van der Waals surface area contributed by atoms with Crippen LogP contribution in [0.25, 0.3) is 0 Å². The Morgan fingerprint density at radius 3 is 1.69 bits per heavy atom. The van der Waals surface area contributed by atoms with Gasteiger partial charge in [0.05, 0.1) is 53.8 Å². The molecule has 1 saturated heterocycles. The van der Waals surface area contributed by atoms with Crippen LogP contribution in [-0.2, 0) is 0 Å². The quantitative estimate of drug-likeness (QED) is 0.201. The summed E-state index contributed by atoms with van der Waals surface area (Å²) < 4.78 is 0.391. The van der Waals surface area contributed by atoms with Crippen LogP contribution in [0.4, 0.5) is 11.4 Å². The molecule has 3 rings (SSSR count). The van der Waals surface area contributed by atoms with E-state index < -0.39 is 47.4 Å². The number of non-ortho nitro benzene ring substituents is 2. The first-order valence-electron chi connectivity index (χ1n) is 10.4. The molecule has 4 N–H and O–H groups in total. The maximum absolute atomic E-state index is 10.9. The Balaban J connectivity index is 1.78. The molecule has 4 atom stereocenters. The summed E-state index contributed by atoms with van der Waals surface area (Å²) in [6.45, 7) is -0.855. The minimum Gasteiger partial charge on any atom is -0.395 e. The fraction of sp³-hybridized carbons (Fsp3) is 0.381. The first kappa shape index (κ1) is 26.9. The van der Waals surface area contributed by atoms with Gasteiger partial charge in [0.15, 0.2) is 0 Å². The number of nitro groups is 2. The molecule has 188 valence electrons. The number of thiocarbonyl (C=S) groups is 1. The van der Waals surface area contributed by atoms with E-state index in [9.17, 15) is 40.7 Å². The topological polar surface area (TPSA) is 174 Å². The van der Waals surface area contributed by atoms with Gasteiger partial charge in [0, 0.05) is 24.3 Å². The van der Waals surface area contributed by atoms with E-state index in [0.717, 1.165) is 0 Å². The van der Waals surface area contributed by atoms with Crippen LogP contribution in [0.3, 0.4) is 0 Å². The van der Waals surface area contributed by atoms with Gasteiger partial charge in [-0.1, -0.05) is 24.0 Å². The predicted molar refractivity (Wildman–Crippen MR) is 131 cm³/mol. The van der Waals surface area contributed by atoms with E-state index in [-0.39, 0.29) is 18.0 Å². The summed E-state index contributed by atoms with van der Waals surface area (Å²) in [4.78, 5) is 24.0. The standard InChI is InChI=1S/C21H24N4O8S2/c26-9-17(19(28)13-1-5-15(6-2-13)24(30)31)22-11-23(21(34)35-12-22)18(10-27)20(29)14-3-7-16(8-4-14)25(32)33/h1-8,17-20,26-29H,9-12H2/t17-,18-,19-,20-/m1/s1. The molecule has 2 aromatic rings. The van der Waals surface area contributed by atoms with Crippen molar-refractivity contribution in [3.8, 4) is 0 Å². The second kappa shape index (κ2) is 11.8. The average Bonchev–Trinajstić information content (AvgIpc) is 2.86. The minimum absolute atomic E-state index is 0.0658. The number of hydrogen-bond donors (Lipinski definition) is 4. The zero-order valence-electron chi connectivity index (χ0n) is 18.3. The Bertz CT molecular complexity index is 1060. The summed E-state index contributed by atoms with van der Waals surface area (Å²) in [5.74, 6) is 0.316. The number of hydrogen-bond acceptors (Lipinski definition) is 11. The van der Waals surface area contributed by atoms with E-state index in [1.54, 1.807) is 9.80 Å². The summed E-state index contributed by atoms with van der Waals surface area (Å²) in [7, 11) is 0. The Labute approximate surface area is 209 Å². The number of rotatable bonds is 10. The number of nitro benzene ring substituents is 2. The second-order valence-corrected chi connectivity index (χ2v) is 9.40. The van der Waals surface area contributed by atoms with E-state index in [4.69, 9.17) is 12.2 Å². The monoisotopic (exact) mass is 524 g/mol. The van der Waals surface area contributed by atoms with Gasteiger partial charge in [0.25, 0.3) is 11.4 Å². The molecule has 0 saturated carbocycles. The third-order valence-corrected chi connectivity index (χ3v) is 7.32. The lowest BCUT2D eigenvalue weighted by molar-refractivity contribution is -0.385.